The Morgan fingerprint density at radius 3 is 2.37 bits per heavy atom. The van der Waals surface area contributed by atoms with Crippen molar-refractivity contribution < 1.29 is 19.4 Å². The van der Waals surface area contributed by atoms with Gasteiger partial charge in [0.1, 0.15) is 11.2 Å². The Bertz CT molecular complexity index is 527. The fraction of sp³-hybridized carbons (Fsp3) is 0.467. The largest absolute Gasteiger partial charge is 0.496 e. The van der Waals surface area contributed by atoms with Gasteiger partial charge < -0.3 is 9.84 Å². The van der Waals surface area contributed by atoms with Crippen LogP contribution in [0.25, 0.3) is 0 Å². The summed E-state index contributed by atoms with van der Waals surface area (Å²) in [5.74, 6) is -0.587. The van der Waals surface area contributed by atoms with E-state index in [4.69, 9.17) is 4.74 Å². The van der Waals surface area contributed by atoms with Crippen molar-refractivity contribution in [2.45, 2.75) is 32.6 Å². The van der Waals surface area contributed by atoms with Crippen LogP contribution in [0.5, 0.6) is 5.75 Å². The molecular weight excluding hydrogens is 244 g/mol. The maximum atomic E-state index is 12.4. The molecule has 0 amide bonds. The number of ketones is 1. The lowest BCUT2D eigenvalue weighted by molar-refractivity contribution is -0.141. The third-order valence-corrected chi connectivity index (χ3v) is 3.73. The molecule has 1 aromatic carbocycles. The summed E-state index contributed by atoms with van der Waals surface area (Å²) in [7, 11) is 1.50. The van der Waals surface area contributed by atoms with Gasteiger partial charge in [-0.2, -0.15) is 0 Å². The molecule has 1 aliphatic rings. The summed E-state index contributed by atoms with van der Waals surface area (Å²) < 4.78 is 5.25. The minimum Gasteiger partial charge on any atom is -0.496 e. The van der Waals surface area contributed by atoms with Crippen LogP contribution < -0.4 is 4.74 Å². The highest BCUT2D eigenvalue weighted by Crippen LogP contribution is 2.49. The molecule has 0 spiro atoms. The van der Waals surface area contributed by atoms with Gasteiger partial charge in [0.2, 0.25) is 0 Å². The van der Waals surface area contributed by atoms with Crippen LogP contribution in [0.4, 0.5) is 0 Å². The molecule has 102 valence electrons. The lowest BCUT2D eigenvalue weighted by atomic mass is 9.92. The first-order valence-corrected chi connectivity index (χ1v) is 6.38. The molecular formula is C15H18O4. The smallest absolute Gasteiger partial charge is 0.317 e. The Kier molecular flexibility index (Phi) is 3.35. The zero-order valence-corrected chi connectivity index (χ0v) is 11.4. The van der Waals surface area contributed by atoms with Gasteiger partial charge in [0.15, 0.2) is 5.78 Å². The Morgan fingerprint density at radius 2 is 1.95 bits per heavy atom. The van der Waals surface area contributed by atoms with Crippen molar-refractivity contribution in [3.05, 3.63) is 29.3 Å². The summed E-state index contributed by atoms with van der Waals surface area (Å²) in [5.41, 5.74) is 0.215. The van der Waals surface area contributed by atoms with Crippen molar-refractivity contribution in [2.24, 2.45) is 5.41 Å². The summed E-state index contributed by atoms with van der Waals surface area (Å²) in [6, 6.07) is 5.35. The number of ether oxygens (including phenoxy) is 1. The van der Waals surface area contributed by atoms with Crippen LogP contribution in [0.1, 0.15) is 48.5 Å². The number of methoxy groups -OCH3 is 1. The van der Waals surface area contributed by atoms with E-state index in [-0.39, 0.29) is 5.78 Å². The van der Waals surface area contributed by atoms with Gasteiger partial charge in [-0.15, -0.1) is 0 Å². The van der Waals surface area contributed by atoms with E-state index in [1.165, 1.54) is 7.11 Å². The Hall–Kier alpha value is -1.84. The zero-order chi connectivity index (χ0) is 14.2. The van der Waals surface area contributed by atoms with Gasteiger partial charge in [-0.3, -0.25) is 9.59 Å². The monoisotopic (exact) mass is 262 g/mol. The molecule has 4 heteroatoms. The fourth-order valence-corrected chi connectivity index (χ4v) is 2.18. The van der Waals surface area contributed by atoms with Gasteiger partial charge in [0.25, 0.3) is 0 Å². The highest BCUT2D eigenvalue weighted by Gasteiger charge is 2.57. The second-order valence-electron chi connectivity index (χ2n) is 5.33. The molecule has 0 saturated heterocycles. The Labute approximate surface area is 112 Å². The van der Waals surface area contributed by atoms with Crippen molar-refractivity contribution in [1.82, 2.24) is 0 Å². The molecule has 0 heterocycles. The van der Waals surface area contributed by atoms with Gasteiger partial charge >= 0.3 is 5.97 Å². The number of hydrogen-bond donors (Lipinski definition) is 1. The molecule has 4 nitrogen and oxygen atoms in total. The molecule has 1 N–H and O–H groups in total. The molecule has 0 unspecified atom stereocenters. The third kappa shape index (κ3) is 2.23. The van der Waals surface area contributed by atoms with E-state index in [1.54, 1.807) is 6.07 Å². The average Bonchev–Trinajstić information content (AvgIpc) is 3.18. The van der Waals surface area contributed by atoms with Crippen LogP contribution in [-0.4, -0.2) is 24.0 Å². The number of aliphatic carboxylic acids is 1. The van der Waals surface area contributed by atoms with E-state index in [9.17, 15) is 14.7 Å². The SMILES string of the molecule is COc1cc(C(C)C)ccc1C(=O)C1(C(=O)O)CC1. The first kappa shape index (κ1) is 13.6. The van der Waals surface area contributed by atoms with E-state index in [2.05, 4.69) is 13.8 Å². The summed E-state index contributed by atoms with van der Waals surface area (Å²) >= 11 is 0. The minimum absolute atomic E-state index is 0.326. The van der Waals surface area contributed by atoms with E-state index in [0.29, 0.717) is 30.1 Å². The van der Waals surface area contributed by atoms with Crippen LogP contribution in [-0.2, 0) is 4.79 Å². The van der Waals surface area contributed by atoms with Gasteiger partial charge in [-0.1, -0.05) is 19.9 Å². The fourth-order valence-electron chi connectivity index (χ4n) is 2.18. The Balaban J connectivity index is 2.40. The number of Topliss-reactive ketones (excluding diaryl/α,β-unsaturated/α-hetero) is 1. The van der Waals surface area contributed by atoms with Crippen molar-refractivity contribution >= 4 is 11.8 Å². The Morgan fingerprint density at radius 1 is 1.32 bits per heavy atom. The quantitative estimate of drug-likeness (QED) is 0.654. The first-order valence-electron chi connectivity index (χ1n) is 6.38. The summed E-state index contributed by atoms with van der Waals surface area (Å²) in [4.78, 5) is 23.6. The number of carbonyl (C=O) groups excluding carboxylic acids is 1. The maximum Gasteiger partial charge on any atom is 0.317 e. The number of benzene rings is 1. The van der Waals surface area contributed by atoms with E-state index in [1.807, 2.05) is 12.1 Å². The lowest BCUT2D eigenvalue weighted by Gasteiger charge is -2.14. The molecule has 0 bridgehead atoms. The normalized spacial score (nSPS) is 16.2. The standard InChI is InChI=1S/C15H18O4/c1-9(2)10-4-5-11(12(8-10)19-3)13(16)15(6-7-15)14(17)18/h4-5,8-9H,6-7H2,1-3H3,(H,17,18). The van der Waals surface area contributed by atoms with E-state index >= 15 is 0 Å². The number of hydrogen-bond acceptors (Lipinski definition) is 3. The number of carboxylic acid groups (broad SMARTS) is 1. The molecule has 0 atom stereocenters. The second kappa shape index (κ2) is 4.68. The topological polar surface area (TPSA) is 63.6 Å². The van der Waals surface area contributed by atoms with Crippen LogP contribution in [0.3, 0.4) is 0 Å². The molecule has 0 aliphatic heterocycles. The number of carbonyl (C=O) groups is 2. The first-order chi connectivity index (χ1) is 8.92. The predicted molar refractivity (Wildman–Crippen MR) is 70.7 cm³/mol. The molecule has 1 aliphatic carbocycles. The maximum absolute atomic E-state index is 12.4. The molecule has 0 aromatic heterocycles. The summed E-state index contributed by atoms with van der Waals surface area (Å²) in [6.45, 7) is 4.10. The van der Waals surface area contributed by atoms with Crippen molar-refractivity contribution in [1.29, 1.82) is 0 Å². The van der Waals surface area contributed by atoms with Gasteiger partial charge in [0, 0.05) is 0 Å². The van der Waals surface area contributed by atoms with Crippen molar-refractivity contribution in [3.8, 4) is 5.75 Å². The summed E-state index contributed by atoms with van der Waals surface area (Å²) in [6.07, 6.45) is 0.826. The van der Waals surface area contributed by atoms with Crippen molar-refractivity contribution in [2.75, 3.05) is 7.11 Å². The highest BCUT2D eigenvalue weighted by atomic mass is 16.5. The van der Waals surface area contributed by atoms with Crippen LogP contribution in [0.15, 0.2) is 18.2 Å². The van der Waals surface area contributed by atoms with E-state index < -0.39 is 11.4 Å². The average molecular weight is 262 g/mol. The second-order valence-corrected chi connectivity index (χ2v) is 5.33. The molecule has 2 rings (SSSR count). The lowest BCUT2D eigenvalue weighted by Crippen LogP contribution is -2.26. The molecule has 1 saturated carbocycles. The minimum atomic E-state index is -1.22. The zero-order valence-electron chi connectivity index (χ0n) is 11.4. The third-order valence-electron chi connectivity index (χ3n) is 3.73. The van der Waals surface area contributed by atoms with E-state index in [0.717, 1.165) is 5.56 Å². The molecule has 1 fully saturated rings. The van der Waals surface area contributed by atoms with Crippen LogP contribution >= 0.6 is 0 Å². The van der Waals surface area contributed by atoms with Gasteiger partial charge in [0.05, 0.1) is 12.7 Å². The predicted octanol–water partition coefficient (Wildman–Crippen LogP) is 2.87. The molecule has 19 heavy (non-hydrogen) atoms. The molecule has 1 aromatic rings. The summed E-state index contributed by atoms with van der Waals surface area (Å²) in [5, 5.41) is 9.18. The molecule has 0 radical (unpaired) electrons. The van der Waals surface area contributed by atoms with Crippen LogP contribution in [0, 0.1) is 5.41 Å². The number of carboxylic acids is 1. The van der Waals surface area contributed by atoms with Crippen molar-refractivity contribution in [3.63, 3.8) is 0 Å². The van der Waals surface area contributed by atoms with Gasteiger partial charge in [-0.05, 0) is 36.5 Å². The van der Waals surface area contributed by atoms with Crippen LogP contribution in [0.2, 0.25) is 0 Å². The van der Waals surface area contributed by atoms with Gasteiger partial charge in [-0.25, -0.2) is 0 Å². The number of rotatable bonds is 5. The highest BCUT2D eigenvalue weighted by molar-refractivity contribution is 6.15.